The van der Waals surface area contributed by atoms with E-state index >= 15 is 0 Å². The number of piperidine rings is 1. The molecule has 2 fully saturated rings. The van der Waals surface area contributed by atoms with Gasteiger partial charge in [-0.2, -0.15) is 0 Å². The predicted molar refractivity (Wildman–Crippen MR) is 101 cm³/mol. The van der Waals surface area contributed by atoms with Gasteiger partial charge in [0.2, 0.25) is 0 Å². The summed E-state index contributed by atoms with van der Waals surface area (Å²) in [7, 11) is 0. The van der Waals surface area contributed by atoms with Gasteiger partial charge in [-0.1, -0.05) is 12.1 Å². The van der Waals surface area contributed by atoms with Crippen LogP contribution in [0.4, 0.5) is 10.5 Å². The summed E-state index contributed by atoms with van der Waals surface area (Å²) in [5, 5.41) is 12.9. The summed E-state index contributed by atoms with van der Waals surface area (Å²) in [6.07, 6.45) is 4.12. The monoisotopic (exact) mass is 345 g/mol. The molecular weight excluding hydrogens is 314 g/mol. The minimum atomic E-state index is -0.356. The number of hydrogen-bond donors (Lipinski definition) is 2. The van der Waals surface area contributed by atoms with Gasteiger partial charge < -0.3 is 20.2 Å². The number of urea groups is 1. The quantitative estimate of drug-likeness (QED) is 0.881. The number of nitrogens with one attached hydrogen (secondary N) is 1. The van der Waals surface area contributed by atoms with Crippen LogP contribution in [0.15, 0.2) is 24.3 Å². The van der Waals surface area contributed by atoms with Crippen molar-refractivity contribution in [2.75, 3.05) is 31.1 Å². The number of carbonyl (C=O) groups excluding carboxylic acids is 1. The van der Waals surface area contributed by atoms with Crippen LogP contribution < -0.4 is 10.2 Å². The van der Waals surface area contributed by atoms with E-state index in [2.05, 4.69) is 34.5 Å². The van der Waals surface area contributed by atoms with Gasteiger partial charge in [-0.05, 0) is 57.2 Å². The van der Waals surface area contributed by atoms with Crippen molar-refractivity contribution in [1.29, 1.82) is 0 Å². The Hall–Kier alpha value is -1.75. The molecule has 138 valence electrons. The Morgan fingerprint density at radius 1 is 1.20 bits per heavy atom. The fourth-order valence-electron chi connectivity index (χ4n) is 3.91. The third-order valence-electron chi connectivity index (χ3n) is 5.61. The van der Waals surface area contributed by atoms with Crippen LogP contribution in [0.3, 0.4) is 0 Å². The molecule has 3 unspecified atom stereocenters. The molecule has 3 atom stereocenters. The molecule has 5 nitrogen and oxygen atoms in total. The second-order valence-corrected chi connectivity index (χ2v) is 7.55. The fourth-order valence-corrected chi connectivity index (χ4v) is 3.91. The van der Waals surface area contributed by atoms with Gasteiger partial charge in [-0.3, -0.25) is 0 Å². The summed E-state index contributed by atoms with van der Waals surface area (Å²) in [6, 6.07) is 8.47. The van der Waals surface area contributed by atoms with Crippen LogP contribution in [0.2, 0.25) is 0 Å². The van der Waals surface area contributed by atoms with E-state index < -0.39 is 0 Å². The van der Waals surface area contributed by atoms with Crippen molar-refractivity contribution in [2.45, 2.75) is 51.7 Å². The van der Waals surface area contributed by atoms with E-state index in [1.807, 2.05) is 18.7 Å². The number of rotatable bonds is 4. The van der Waals surface area contributed by atoms with Gasteiger partial charge in [0.1, 0.15) is 0 Å². The van der Waals surface area contributed by atoms with Crippen molar-refractivity contribution in [2.24, 2.45) is 5.92 Å². The van der Waals surface area contributed by atoms with Crippen LogP contribution in [-0.4, -0.2) is 48.3 Å². The summed E-state index contributed by atoms with van der Waals surface area (Å²) < 4.78 is 0. The van der Waals surface area contributed by atoms with E-state index in [0.717, 1.165) is 38.0 Å². The molecular formula is C20H31N3O2. The molecule has 1 aromatic carbocycles. The Kier molecular flexibility index (Phi) is 5.84. The number of carbonyl (C=O) groups is 1. The summed E-state index contributed by atoms with van der Waals surface area (Å²) in [5.74, 6) is 0.188. The fraction of sp³-hybridized carbons (Fsp3) is 0.650. The predicted octanol–water partition coefficient (Wildman–Crippen LogP) is 3.15. The molecule has 2 aliphatic heterocycles. The molecule has 0 bridgehead atoms. The molecule has 0 radical (unpaired) electrons. The van der Waals surface area contributed by atoms with Crippen LogP contribution in [0.25, 0.3) is 0 Å². The van der Waals surface area contributed by atoms with Gasteiger partial charge in [-0.15, -0.1) is 0 Å². The molecule has 0 saturated carbocycles. The highest BCUT2D eigenvalue weighted by Gasteiger charge is 2.27. The highest BCUT2D eigenvalue weighted by Crippen LogP contribution is 2.25. The third-order valence-corrected chi connectivity index (χ3v) is 5.61. The van der Waals surface area contributed by atoms with Gasteiger partial charge in [0.15, 0.2) is 0 Å². The Labute approximate surface area is 151 Å². The van der Waals surface area contributed by atoms with Gasteiger partial charge in [-0.25, -0.2) is 4.79 Å². The zero-order valence-electron chi connectivity index (χ0n) is 15.4. The number of hydrogen-bond acceptors (Lipinski definition) is 3. The SMILES string of the molecule is CC(NC(=O)N1CCCC(C(C)O)C1)c1cccc(N2CCCC2)c1. The smallest absolute Gasteiger partial charge is 0.317 e. The van der Waals surface area contributed by atoms with Crippen molar-refractivity contribution >= 4 is 11.7 Å². The average molecular weight is 345 g/mol. The van der Waals surface area contributed by atoms with Crippen LogP contribution >= 0.6 is 0 Å². The highest BCUT2D eigenvalue weighted by molar-refractivity contribution is 5.75. The first-order valence-electron chi connectivity index (χ1n) is 9.63. The Morgan fingerprint density at radius 3 is 2.68 bits per heavy atom. The maximum atomic E-state index is 12.6. The normalized spacial score (nSPS) is 23.4. The van der Waals surface area contributed by atoms with E-state index in [0.29, 0.717) is 6.54 Å². The molecule has 2 saturated heterocycles. The number of aliphatic hydroxyl groups is 1. The lowest BCUT2D eigenvalue weighted by atomic mass is 9.93. The number of benzene rings is 1. The van der Waals surface area contributed by atoms with Crippen molar-refractivity contribution in [3.8, 4) is 0 Å². The van der Waals surface area contributed by atoms with Crippen LogP contribution in [0.1, 0.15) is 51.1 Å². The molecule has 0 aliphatic carbocycles. The number of nitrogens with zero attached hydrogens (tertiary/aromatic N) is 2. The summed E-state index contributed by atoms with van der Waals surface area (Å²) in [4.78, 5) is 16.9. The molecule has 3 rings (SSSR count). The van der Waals surface area contributed by atoms with Gasteiger partial charge in [0.25, 0.3) is 0 Å². The molecule has 0 spiro atoms. The number of likely N-dealkylation sites (tertiary alicyclic amines) is 1. The summed E-state index contributed by atoms with van der Waals surface area (Å²) >= 11 is 0. The lowest BCUT2D eigenvalue weighted by Crippen LogP contribution is -2.47. The van der Waals surface area contributed by atoms with Crippen LogP contribution in [0.5, 0.6) is 0 Å². The van der Waals surface area contributed by atoms with Crippen molar-refractivity contribution in [3.05, 3.63) is 29.8 Å². The zero-order valence-corrected chi connectivity index (χ0v) is 15.4. The van der Waals surface area contributed by atoms with E-state index in [9.17, 15) is 9.90 Å². The molecule has 1 aromatic rings. The minimum absolute atomic E-state index is 0.0237. The molecule has 0 aromatic heterocycles. The summed E-state index contributed by atoms with van der Waals surface area (Å²) in [6.45, 7) is 7.52. The van der Waals surface area contributed by atoms with Crippen molar-refractivity contribution < 1.29 is 9.90 Å². The van der Waals surface area contributed by atoms with Crippen LogP contribution in [-0.2, 0) is 0 Å². The topological polar surface area (TPSA) is 55.8 Å². The van der Waals surface area contributed by atoms with Gasteiger partial charge in [0.05, 0.1) is 12.1 Å². The second kappa shape index (κ2) is 8.09. The average Bonchev–Trinajstić information content (AvgIpc) is 3.16. The highest BCUT2D eigenvalue weighted by atomic mass is 16.3. The second-order valence-electron chi connectivity index (χ2n) is 7.55. The molecule has 2 amide bonds. The summed E-state index contributed by atoms with van der Waals surface area (Å²) in [5.41, 5.74) is 2.39. The van der Waals surface area contributed by atoms with E-state index in [1.54, 1.807) is 0 Å². The zero-order chi connectivity index (χ0) is 17.8. The molecule has 25 heavy (non-hydrogen) atoms. The van der Waals surface area contributed by atoms with Gasteiger partial charge in [0, 0.05) is 37.8 Å². The standard InChI is InChI=1S/C20H31N3O2/c1-15(17-7-5-9-19(13-17)22-10-3-4-11-22)21-20(25)23-12-6-8-18(14-23)16(2)24/h5,7,9,13,15-16,18,24H,3-4,6,8,10-12,14H2,1-2H3,(H,21,25). The van der Waals surface area contributed by atoms with Crippen molar-refractivity contribution in [1.82, 2.24) is 10.2 Å². The largest absolute Gasteiger partial charge is 0.393 e. The maximum Gasteiger partial charge on any atom is 0.317 e. The number of aliphatic hydroxyl groups excluding tert-OH is 1. The molecule has 2 heterocycles. The minimum Gasteiger partial charge on any atom is -0.393 e. The molecule has 5 heteroatoms. The van der Waals surface area contributed by atoms with Gasteiger partial charge >= 0.3 is 6.03 Å². The van der Waals surface area contributed by atoms with Crippen LogP contribution in [0, 0.1) is 5.92 Å². The molecule has 2 N–H and O–H groups in total. The van der Waals surface area contributed by atoms with E-state index in [-0.39, 0.29) is 24.1 Å². The Bertz CT molecular complexity index is 584. The molecule has 2 aliphatic rings. The lowest BCUT2D eigenvalue weighted by Gasteiger charge is -2.35. The third kappa shape index (κ3) is 4.46. The van der Waals surface area contributed by atoms with E-state index in [4.69, 9.17) is 0 Å². The Morgan fingerprint density at radius 2 is 1.96 bits per heavy atom. The maximum absolute atomic E-state index is 12.6. The first kappa shape index (κ1) is 18.1. The first-order valence-corrected chi connectivity index (χ1v) is 9.63. The van der Waals surface area contributed by atoms with Crippen molar-refractivity contribution in [3.63, 3.8) is 0 Å². The van der Waals surface area contributed by atoms with E-state index in [1.165, 1.54) is 18.5 Å². The number of anilines is 1. The first-order chi connectivity index (χ1) is 12.0. The Balaban J connectivity index is 1.60. The number of amides is 2. The lowest BCUT2D eigenvalue weighted by molar-refractivity contribution is 0.0734.